The molecule has 1 amide bonds. The summed E-state index contributed by atoms with van der Waals surface area (Å²) in [6.45, 7) is 6.01. The Kier molecular flexibility index (Phi) is 16.0. The van der Waals surface area contributed by atoms with Gasteiger partial charge in [-0.15, -0.1) is 0 Å². The van der Waals surface area contributed by atoms with Gasteiger partial charge in [0.05, 0.1) is 19.3 Å². The van der Waals surface area contributed by atoms with Gasteiger partial charge in [0.15, 0.2) is 0 Å². The Bertz CT molecular complexity index is 619. The van der Waals surface area contributed by atoms with E-state index in [1.165, 1.54) is 70.6 Å². The number of nitrogens with one attached hydrogen (secondary N) is 1. The van der Waals surface area contributed by atoms with E-state index in [1.54, 1.807) is 0 Å². The maximum atomic E-state index is 12.7. The predicted molar refractivity (Wildman–Crippen MR) is 141 cm³/mol. The molecule has 1 aliphatic rings. The lowest BCUT2D eigenvalue weighted by Gasteiger charge is -2.33. The minimum atomic E-state index is -0.709. The van der Waals surface area contributed by atoms with Crippen LogP contribution in [0.1, 0.15) is 108 Å². The summed E-state index contributed by atoms with van der Waals surface area (Å²) in [5.74, 6) is 0.0521. The normalized spacial score (nSPS) is 16.3. The third kappa shape index (κ3) is 12.9. The van der Waals surface area contributed by atoms with E-state index < -0.39 is 6.10 Å². The van der Waals surface area contributed by atoms with E-state index >= 15 is 0 Å². The fourth-order valence-corrected chi connectivity index (χ4v) is 4.75. The van der Waals surface area contributed by atoms with Gasteiger partial charge in [0.25, 0.3) is 0 Å². The predicted octanol–water partition coefficient (Wildman–Crippen LogP) is 6.02. The van der Waals surface area contributed by atoms with Crippen molar-refractivity contribution in [1.29, 1.82) is 0 Å². The maximum absolute atomic E-state index is 12.7. The number of aliphatic hydroxyl groups excluding tert-OH is 1. The van der Waals surface area contributed by atoms with Crippen LogP contribution in [0.15, 0.2) is 30.3 Å². The van der Waals surface area contributed by atoms with Gasteiger partial charge in [-0.2, -0.15) is 0 Å². The second-order valence-electron chi connectivity index (χ2n) is 9.94. The molecule has 34 heavy (non-hydrogen) atoms. The Morgan fingerprint density at radius 3 is 1.97 bits per heavy atom. The van der Waals surface area contributed by atoms with Gasteiger partial charge in [-0.1, -0.05) is 114 Å². The number of carbonyl (C=O) groups excluding carboxylic acids is 1. The SMILES string of the molecule is CCCCCCCCCCCCCCCC(=O)N[C@H](CN1CCOCC1)[C@@H](O)c1ccccc1. The van der Waals surface area contributed by atoms with E-state index in [4.69, 9.17) is 4.74 Å². The molecule has 2 atom stereocenters. The van der Waals surface area contributed by atoms with Crippen LogP contribution in [0.25, 0.3) is 0 Å². The first-order valence-corrected chi connectivity index (χ1v) is 14.0. The number of unbranched alkanes of at least 4 members (excludes halogenated alkanes) is 12. The Morgan fingerprint density at radius 2 is 1.41 bits per heavy atom. The molecule has 0 aromatic heterocycles. The Morgan fingerprint density at radius 1 is 0.882 bits per heavy atom. The number of rotatable bonds is 19. The van der Waals surface area contributed by atoms with E-state index in [-0.39, 0.29) is 11.9 Å². The second kappa shape index (κ2) is 18.8. The van der Waals surface area contributed by atoms with Gasteiger partial charge in [-0.25, -0.2) is 0 Å². The highest BCUT2D eigenvalue weighted by Crippen LogP contribution is 2.19. The molecule has 1 aliphatic heterocycles. The molecule has 1 aromatic carbocycles. The van der Waals surface area contributed by atoms with Crippen LogP contribution in [0.4, 0.5) is 0 Å². The summed E-state index contributed by atoms with van der Waals surface area (Å²) in [6, 6.07) is 9.35. The van der Waals surface area contributed by atoms with Crippen LogP contribution in [-0.4, -0.2) is 54.8 Å². The summed E-state index contributed by atoms with van der Waals surface area (Å²) in [7, 11) is 0. The van der Waals surface area contributed by atoms with Gasteiger partial charge in [0.2, 0.25) is 5.91 Å². The second-order valence-corrected chi connectivity index (χ2v) is 9.94. The van der Waals surface area contributed by atoms with E-state index in [0.29, 0.717) is 26.2 Å². The number of carbonyl (C=O) groups is 1. The van der Waals surface area contributed by atoms with Crippen molar-refractivity contribution in [1.82, 2.24) is 10.2 Å². The zero-order valence-corrected chi connectivity index (χ0v) is 21.7. The molecular weight excluding hydrogens is 424 g/mol. The summed E-state index contributed by atoms with van der Waals surface area (Å²) < 4.78 is 5.45. The molecule has 2 rings (SSSR count). The Labute approximate surface area is 208 Å². The van der Waals surface area contributed by atoms with Crippen molar-refractivity contribution in [3.05, 3.63) is 35.9 Å². The lowest BCUT2D eigenvalue weighted by atomic mass is 10.0. The standard InChI is InChI=1S/C29H50N2O3/c1-2-3-4-5-6-7-8-9-10-11-12-13-17-20-28(32)30-27(25-31-21-23-34-24-22-31)29(33)26-18-15-14-16-19-26/h14-16,18-19,27,29,33H,2-13,17,20-25H2,1H3,(H,30,32)/t27-,29+/m1/s1. The van der Waals surface area contributed by atoms with Crippen molar-refractivity contribution >= 4 is 5.91 Å². The monoisotopic (exact) mass is 474 g/mol. The number of amides is 1. The number of aliphatic hydroxyl groups is 1. The summed E-state index contributed by atoms with van der Waals surface area (Å²) in [5, 5.41) is 14.1. The molecule has 0 bridgehead atoms. The first-order chi connectivity index (χ1) is 16.7. The first kappa shape index (κ1) is 28.8. The number of ether oxygens (including phenoxy) is 1. The molecule has 2 N–H and O–H groups in total. The summed E-state index contributed by atoms with van der Waals surface area (Å²) in [5.41, 5.74) is 0.849. The molecule has 0 spiro atoms. The van der Waals surface area contributed by atoms with E-state index in [0.717, 1.165) is 31.5 Å². The number of hydrogen-bond donors (Lipinski definition) is 2. The van der Waals surface area contributed by atoms with Crippen LogP contribution in [-0.2, 0) is 9.53 Å². The smallest absolute Gasteiger partial charge is 0.220 e. The lowest BCUT2D eigenvalue weighted by molar-refractivity contribution is -0.123. The molecule has 194 valence electrons. The quantitative estimate of drug-likeness (QED) is 0.241. The molecule has 5 nitrogen and oxygen atoms in total. The van der Waals surface area contributed by atoms with Crippen LogP contribution < -0.4 is 5.32 Å². The van der Waals surface area contributed by atoms with Gasteiger partial charge in [0, 0.05) is 26.1 Å². The van der Waals surface area contributed by atoms with Crippen molar-refractivity contribution in [2.75, 3.05) is 32.8 Å². The molecule has 0 saturated carbocycles. The van der Waals surface area contributed by atoms with Gasteiger partial charge in [-0.05, 0) is 12.0 Å². The number of nitrogens with zero attached hydrogens (tertiary/aromatic N) is 1. The first-order valence-electron chi connectivity index (χ1n) is 14.0. The fourth-order valence-electron chi connectivity index (χ4n) is 4.75. The van der Waals surface area contributed by atoms with Crippen LogP contribution in [0.3, 0.4) is 0 Å². The van der Waals surface area contributed by atoms with Crippen LogP contribution in [0.5, 0.6) is 0 Å². The topological polar surface area (TPSA) is 61.8 Å². The maximum Gasteiger partial charge on any atom is 0.220 e. The van der Waals surface area contributed by atoms with Gasteiger partial charge in [0.1, 0.15) is 6.10 Å². The molecule has 1 fully saturated rings. The molecule has 1 saturated heterocycles. The molecule has 0 unspecified atom stereocenters. The minimum absolute atomic E-state index is 0.0521. The fraction of sp³-hybridized carbons (Fsp3) is 0.759. The van der Waals surface area contributed by atoms with Crippen molar-refractivity contribution in [3.63, 3.8) is 0 Å². The van der Waals surface area contributed by atoms with Crippen molar-refractivity contribution < 1.29 is 14.6 Å². The average molecular weight is 475 g/mol. The minimum Gasteiger partial charge on any atom is -0.386 e. The zero-order chi connectivity index (χ0) is 24.3. The molecular formula is C29H50N2O3. The van der Waals surface area contributed by atoms with Crippen molar-refractivity contribution in [2.45, 2.75) is 109 Å². The van der Waals surface area contributed by atoms with Gasteiger partial charge < -0.3 is 15.2 Å². The van der Waals surface area contributed by atoms with Crippen molar-refractivity contribution in [2.24, 2.45) is 0 Å². The molecule has 1 aromatic rings. The molecule has 1 heterocycles. The van der Waals surface area contributed by atoms with E-state index in [1.807, 2.05) is 30.3 Å². The largest absolute Gasteiger partial charge is 0.386 e. The van der Waals surface area contributed by atoms with E-state index in [2.05, 4.69) is 17.1 Å². The summed E-state index contributed by atoms with van der Waals surface area (Å²) >= 11 is 0. The number of hydrogen-bond acceptors (Lipinski definition) is 4. The molecule has 0 aliphatic carbocycles. The summed E-state index contributed by atoms with van der Waals surface area (Å²) in [4.78, 5) is 14.9. The van der Waals surface area contributed by atoms with Gasteiger partial charge >= 0.3 is 0 Å². The van der Waals surface area contributed by atoms with E-state index in [9.17, 15) is 9.90 Å². The average Bonchev–Trinajstić information content (AvgIpc) is 2.87. The Balaban J connectivity index is 1.59. The van der Waals surface area contributed by atoms with Gasteiger partial charge in [-0.3, -0.25) is 9.69 Å². The molecule has 0 radical (unpaired) electrons. The highest BCUT2D eigenvalue weighted by molar-refractivity contribution is 5.76. The number of benzene rings is 1. The highest BCUT2D eigenvalue weighted by atomic mass is 16.5. The molecule has 5 heteroatoms. The highest BCUT2D eigenvalue weighted by Gasteiger charge is 2.26. The van der Waals surface area contributed by atoms with Crippen molar-refractivity contribution in [3.8, 4) is 0 Å². The third-order valence-corrected chi connectivity index (χ3v) is 6.93. The van der Waals surface area contributed by atoms with Crippen LogP contribution >= 0.6 is 0 Å². The Hall–Kier alpha value is -1.43. The van der Waals surface area contributed by atoms with Crippen LogP contribution in [0, 0.1) is 0 Å². The number of morpholine rings is 1. The zero-order valence-electron chi connectivity index (χ0n) is 21.7. The lowest BCUT2D eigenvalue weighted by Crippen LogP contribution is -2.49. The summed E-state index contributed by atoms with van der Waals surface area (Å²) in [6.07, 6.45) is 16.8. The van der Waals surface area contributed by atoms with Crippen LogP contribution in [0.2, 0.25) is 0 Å². The third-order valence-electron chi connectivity index (χ3n) is 6.93.